The molecule has 180 valence electrons. The Morgan fingerprint density at radius 2 is 1.85 bits per heavy atom. The van der Waals surface area contributed by atoms with Crippen LogP contribution in [0.25, 0.3) is 10.6 Å². The lowest BCUT2D eigenvalue weighted by atomic mass is 10.1. The molecule has 0 bridgehead atoms. The fourth-order valence-electron chi connectivity index (χ4n) is 3.78. The van der Waals surface area contributed by atoms with E-state index < -0.39 is 10.0 Å². The van der Waals surface area contributed by atoms with Crippen molar-refractivity contribution in [3.63, 3.8) is 0 Å². The van der Waals surface area contributed by atoms with Gasteiger partial charge in [0.05, 0.1) is 12.0 Å². The third-order valence-corrected chi connectivity index (χ3v) is 8.62. The van der Waals surface area contributed by atoms with Crippen molar-refractivity contribution in [1.29, 1.82) is 0 Å². The molecule has 0 radical (unpaired) electrons. The monoisotopic (exact) mass is 520 g/mol. The Bertz CT molecular complexity index is 1260. The maximum Gasteiger partial charge on any atom is 0.243 e. The molecule has 2 heterocycles. The standard InChI is InChI=1S/C23H25ClN4O4S2/c1-32-20-11-10-19(34(30,31)28-13-3-2-4-14-28)15-17(20)7-12-21(29)25-23-27-26-22(33-23)16-5-8-18(24)9-6-16/h5-6,8-11,15H,2-4,7,12-14H2,1H3,(H,25,27,29). The molecule has 11 heteroatoms. The van der Waals surface area contributed by atoms with Crippen LogP contribution in [0.1, 0.15) is 31.2 Å². The second-order valence-electron chi connectivity index (χ2n) is 7.91. The van der Waals surface area contributed by atoms with Gasteiger partial charge in [-0.25, -0.2) is 8.42 Å². The molecule has 0 aliphatic carbocycles. The second-order valence-corrected chi connectivity index (χ2v) is 11.3. The number of sulfonamides is 1. The first-order valence-electron chi connectivity index (χ1n) is 10.9. The van der Waals surface area contributed by atoms with Crippen LogP contribution in [-0.2, 0) is 21.2 Å². The first-order valence-corrected chi connectivity index (χ1v) is 13.6. The Labute approximate surface area is 208 Å². The van der Waals surface area contributed by atoms with Crippen molar-refractivity contribution in [3.8, 4) is 16.3 Å². The Balaban J connectivity index is 1.42. The molecule has 1 amide bonds. The summed E-state index contributed by atoms with van der Waals surface area (Å²) >= 11 is 7.18. The predicted molar refractivity (Wildman–Crippen MR) is 133 cm³/mol. The van der Waals surface area contributed by atoms with Gasteiger partial charge in [0.1, 0.15) is 10.8 Å². The zero-order valence-electron chi connectivity index (χ0n) is 18.7. The Morgan fingerprint density at radius 3 is 2.56 bits per heavy atom. The average molecular weight is 521 g/mol. The smallest absolute Gasteiger partial charge is 0.243 e. The minimum Gasteiger partial charge on any atom is -0.496 e. The van der Waals surface area contributed by atoms with Crippen molar-refractivity contribution < 1.29 is 17.9 Å². The number of aromatic nitrogens is 2. The SMILES string of the molecule is COc1ccc(S(=O)(=O)N2CCCCC2)cc1CCC(=O)Nc1nnc(-c2ccc(Cl)cc2)s1. The van der Waals surface area contributed by atoms with Crippen molar-refractivity contribution in [1.82, 2.24) is 14.5 Å². The third-order valence-electron chi connectivity index (χ3n) is 5.59. The summed E-state index contributed by atoms with van der Waals surface area (Å²) in [6.07, 6.45) is 3.24. The molecule has 8 nitrogen and oxygen atoms in total. The number of piperidine rings is 1. The lowest BCUT2D eigenvalue weighted by molar-refractivity contribution is -0.116. The van der Waals surface area contributed by atoms with Gasteiger partial charge in [-0.1, -0.05) is 41.5 Å². The average Bonchev–Trinajstić information content (AvgIpc) is 3.31. The number of aryl methyl sites for hydroxylation is 1. The molecule has 0 unspecified atom stereocenters. The number of ether oxygens (including phenoxy) is 1. The molecule has 1 aliphatic rings. The molecule has 0 atom stereocenters. The van der Waals surface area contributed by atoms with E-state index in [4.69, 9.17) is 16.3 Å². The van der Waals surface area contributed by atoms with E-state index >= 15 is 0 Å². The molecule has 0 saturated carbocycles. The molecule has 1 fully saturated rings. The van der Waals surface area contributed by atoms with E-state index in [9.17, 15) is 13.2 Å². The summed E-state index contributed by atoms with van der Waals surface area (Å²) < 4.78 is 33.0. The highest BCUT2D eigenvalue weighted by Gasteiger charge is 2.26. The number of hydrogen-bond acceptors (Lipinski definition) is 7. The van der Waals surface area contributed by atoms with Crippen LogP contribution in [0.3, 0.4) is 0 Å². The van der Waals surface area contributed by atoms with Crippen molar-refractivity contribution in [2.75, 3.05) is 25.5 Å². The van der Waals surface area contributed by atoms with E-state index in [-0.39, 0.29) is 17.2 Å². The highest BCUT2D eigenvalue weighted by Crippen LogP contribution is 2.29. The minimum atomic E-state index is -3.57. The van der Waals surface area contributed by atoms with Gasteiger partial charge in [0.15, 0.2) is 0 Å². The molecule has 1 aliphatic heterocycles. The number of hydrogen-bond donors (Lipinski definition) is 1. The van der Waals surface area contributed by atoms with E-state index in [0.717, 1.165) is 24.8 Å². The number of carbonyl (C=O) groups is 1. The van der Waals surface area contributed by atoms with Crippen LogP contribution in [0.5, 0.6) is 5.75 Å². The number of halogens is 1. The number of amides is 1. The fraction of sp³-hybridized carbons (Fsp3) is 0.348. The van der Waals surface area contributed by atoms with E-state index in [0.29, 0.717) is 46.0 Å². The maximum absolute atomic E-state index is 13.0. The number of carbonyl (C=O) groups excluding carboxylic acids is 1. The maximum atomic E-state index is 13.0. The topological polar surface area (TPSA) is 101 Å². The van der Waals surface area contributed by atoms with Crippen molar-refractivity contribution in [2.45, 2.75) is 37.0 Å². The van der Waals surface area contributed by atoms with Crippen LogP contribution in [0.2, 0.25) is 5.02 Å². The first-order chi connectivity index (χ1) is 16.4. The highest BCUT2D eigenvalue weighted by molar-refractivity contribution is 7.89. The Kier molecular flexibility index (Phi) is 7.82. The van der Waals surface area contributed by atoms with Crippen LogP contribution in [-0.4, -0.2) is 49.0 Å². The molecule has 34 heavy (non-hydrogen) atoms. The van der Waals surface area contributed by atoms with Gasteiger partial charge in [-0.05, 0) is 55.2 Å². The number of benzene rings is 2. The van der Waals surface area contributed by atoms with Crippen LogP contribution >= 0.6 is 22.9 Å². The predicted octanol–water partition coefficient (Wildman–Crippen LogP) is 4.61. The summed E-state index contributed by atoms with van der Waals surface area (Å²) in [4.78, 5) is 12.8. The minimum absolute atomic E-state index is 0.138. The van der Waals surface area contributed by atoms with Crippen LogP contribution in [0.15, 0.2) is 47.4 Å². The molecule has 1 saturated heterocycles. The summed E-state index contributed by atoms with van der Waals surface area (Å²) in [5.74, 6) is 0.302. The summed E-state index contributed by atoms with van der Waals surface area (Å²) in [7, 11) is -2.05. The molecule has 1 N–H and O–H groups in total. The largest absolute Gasteiger partial charge is 0.496 e. The zero-order chi connectivity index (χ0) is 24.1. The van der Waals surface area contributed by atoms with Crippen molar-refractivity contribution in [3.05, 3.63) is 53.1 Å². The lowest BCUT2D eigenvalue weighted by Gasteiger charge is -2.26. The number of anilines is 1. The molecule has 0 spiro atoms. The summed E-state index contributed by atoms with van der Waals surface area (Å²) in [5.41, 5.74) is 1.52. The van der Waals surface area contributed by atoms with Gasteiger partial charge in [0.2, 0.25) is 21.1 Å². The van der Waals surface area contributed by atoms with Crippen LogP contribution in [0.4, 0.5) is 5.13 Å². The van der Waals surface area contributed by atoms with E-state index in [1.807, 2.05) is 12.1 Å². The molecular weight excluding hydrogens is 496 g/mol. The van der Waals surface area contributed by atoms with Gasteiger partial charge >= 0.3 is 0 Å². The second kappa shape index (κ2) is 10.8. The van der Waals surface area contributed by atoms with E-state index in [1.54, 1.807) is 30.3 Å². The fourth-order valence-corrected chi connectivity index (χ4v) is 6.24. The zero-order valence-corrected chi connectivity index (χ0v) is 21.0. The van der Waals surface area contributed by atoms with Crippen molar-refractivity contribution in [2.24, 2.45) is 0 Å². The first kappa shape index (κ1) is 24.6. The highest BCUT2D eigenvalue weighted by atomic mass is 35.5. The third kappa shape index (κ3) is 5.75. The molecule has 2 aromatic carbocycles. The van der Waals surface area contributed by atoms with Crippen molar-refractivity contribution >= 4 is 44.0 Å². The number of rotatable bonds is 8. The van der Waals surface area contributed by atoms with Crippen LogP contribution in [0, 0.1) is 0 Å². The van der Waals surface area contributed by atoms with Gasteiger partial charge < -0.3 is 10.1 Å². The van der Waals surface area contributed by atoms with Gasteiger partial charge in [-0.3, -0.25) is 4.79 Å². The molecule has 1 aromatic heterocycles. The Hall–Kier alpha value is -2.53. The quantitative estimate of drug-likeness (QED) is 0.465. The van der Waals surface area contributed by atoms with Gasteiger partial charge in [0, 0.05) is 30.1 Å². The Morgan fingerprint density at radius 1 is 1.12 bits per heavy atom. The summed E-state index contributed by atoms with van der Waals surface area (Å²) in [6, 6.07) is 12.0. The lowest BCUT2D eigenvalue weighted by Crippen LogP contribution is -2.35. The van der Waals surface area contributed by atoms with Crippen LogP contribution < -0.4 is 10.1 Å². The normalized spacial score (nSPS) is 14.6. The molecule has 3 aromatic rings. The molecular formula is C23H25ClN4O4S2. The number of nitrogens with zero attached hydrogens (tertiary/aromatic N) is 3. The van der Waals surface area contributed by atoms with E-state index in [2.05, 4.69) is 15.5 Å². The van der Waals surface area contributed by atoms with Gasteiger partial charge in [-0.15, -0.1) is 10.2 Å². The number of methoxy groups -OCH3 is 1. The number of nitrogens with one attached hydrogen (secondary N) is 1. The van der Waals surface area contributed by atoms with E-state index in [1.165, 1.54) is 22.8 Å². The van der Waals surface area contributed by atoms with Gasteiger partial charge in [-0.2, -0.15) is 4.31 Å². The summed E-state index contributed by atoms with van der Waals surface area (Å²) in [6.45, 7) is 1.07. The molecule has 4 rings (SSSR count). The summed E-state index contributed by atoms with van der Waals surface area (Å²) in [5, 5.41) is 12.6. The van der Waals surface area contributed by atoms with Gasteiger partial charge in [0.25, 0.3) is 0 Å².